The summed E-state index contributed by atoms with van der Waals surface area (Å²) in [6, 6.07) is 21.1. The van der Waals surface area contributed by atoms with Crippen molar-refractivity contribution in [3.63, 3.8) is 0 Å². The molecule has 0 aliphatic heterocycles. The minimum absolute atomic E-state index is 0.378. The summed E-state index contributed by atoms with van der Waals surface area (Å²) in [5.74, 6) is -0.936. The number of aliphatic carboxylic acids is 1. The smallest absolute Gasteiger partial charge is 0.310 e. The van der Waals surface area contributed by atoms with E-state index in [4.69, 9.17) is 10.8 Å². The van der Waals surface area contributed by atoms with Crippen LogP contribution in [0.15, 0.2) is 66.7 Å². The highest BCUT2D eigenvalue weighted by molar-refractivity contribution is 6.06. The molecule has 3 aromatic rings. The van der Waals surface area contributed by atoms with E-state index >= 15 is 0 Å². The topological polar surface area (TPSA) is 80.4 Å². The van der Waals surface area contributed by atoms with Gasteiger partial charge in [0.05, 0.1) is 5.92 Å². The van der Waals surface area contributed by atoms with E-state index in [1.165, 1.54) is 5.56 Å². The Hall–Kier alpha value is -3.14. The monoisotopic (exact) mass is 377 g/mol. The van der Waals surface area contributed by atoms with Crippen molar-refractivity contribution in [2.24, 2.45) is 11.7 Å². The summed E-state index contributed by atoms with van der Waals surface area (Å²) in [5, 5.41) is 10.8. The molecule has 4 nitrogen and oxygen atoms in total. The van der Waals surface area contributed by atoms with Gasteiger partial charge in [-0.25, -0.2) is 0 Å². The van der Waals surface area contributed by atoms with Gasteiger partial charge in [0.1, 0.15) is 0 Å². The SMILES string of the molecule is CC(C)Cc1ccc(C(C)C(=O)O)cc1.NC(=O)c1cccc2ccccc12. The number of carboxylic acid groups (broad SMARTS) is 1. The second-order valence-corrected chi connectivity index (χ2v) is 7.29. The van der Waals surface area contributed by atoms with Gasteiger partial charge in [-0.1, -0.05) is 74.5 Å². The average Bonchev–Trinajstić information content (AvgIpc) is 2.67. The van der Waals surface area contributed by atoms with Gasteiger partial charge in [0.15, 0.2) is 0 Å². The van der Waals surface area contributed by atoms with Crippen LogP contribution in [0.3, 0.4) is 0 Å². The van der Waals surface area contributed by atoms with Gasteiger partial charge < -0.3 is 10.8 Å². The van der Waals surface area contributed by atoms with Crippen LogP contribution in [-0.2, 0) is 11.2 Å². The Morgan fingerprint density at radius 1 is 0.893 bits per heavy atom. The third-order valence-corrected chi connectivity index (χ3v) is 4.55. The van der Waals surface area contributed by atoms with Gasteiger partial charge in [0.2, 0.25) is 5.91 Å². The second kappa shape index (κ2) is 9.70. The second-order valence-electron chi connectivity index (χ2n) is 7.29. The molecule has 0 saturated carbocycles. The molecular formula is C24H27NO3. The number of carbonyl (C=O) groups excluding carboxylic acids is 1. The quantitative estimate of drug-likeness (QED) is 0.656. The van der Waals surface area contributed by atoms with Gasteiger partial charge in [-0.05, 0) is 47.2 Å². The van der Waals surface area contributed by atoms with Crippen LogP contribution in [0.4, 0.5) is 0 Å². The van der Waals surface area contributed by atoms with Crippen LogP contribution in [0.2, 0.25) is 0 Å². The highest BCUT2D eigenvalue weighted by Gasteiger charge is 2.12. The van der Waals surface area contributed by atoms with E-state index in [9.17, 15) is 9.59 Å². The Kier molecular flexibility index (Phi) is 7.33. The van der Waals surface area contributed by atoms with Crippen molar-refractivity contribution in [3.05, 3.63) is 83.4 Å². The number of nitrogens with two attached hydrogens (primary N) is 1. The van der Waals surface area contributed by atoms with Crippen molar-refractivity contribution in [2.75, 3.05) is 0 Å². The van der Waals surface area contributed by atoms with Crippen LogP contribution in [0.5, 0.6) is 0 Å². The summed E-state index contributed by atoms with van der Waals surface area (Å²) < 4.78 is 0. The molecule has 0 bridgehead atoms. The molecule has 1 unspecified atom stereocenters. The molecule has 0 aromatic heterocycles. The molecule has 0 aliphatic rings. The first-order chi connectivity index (χ1) is 13.3. The van der Waals surface area contributed by atoms with Gasteiger partial charge >= 0.3 is 5.97 Å². The number of carboxylic acids is 1. The lowest BCUT2D eigenvalue weighted by molar-refractivity contribution is -0.138. The summed E-state index contributed by atoms with van der Waals surface area (Å²) in [6.45, 7) is 6.06. The fourth-order valence-corrected chi connectivity index (χ4v) is 3.00. The van der Waals surface area contributed by atoms with Crippen LogP contribution in [-0.4, -0.2) is 17.0 Å². The van der Waals surface area contributed by atoms with Crippen molar-refractivity contribution in [1.82, 2.24) is 0 Å². The first-order valence-corrected chi connectivity index (χ1v) is 9.38. The third-order valence-electron chi connectivity index (χ3n) is 4.55. The van der Waals surface area contributed by atoms with Crippen LogP contribution in [0, 0.1) is 5.92 Å². The third kappa shape index (κ3) is 5.68. The first kappa shape index (κ1) is 21.2. The summed E-state index contributed by atoms with van der Waals surface area (Å²) >= 11 is 0. The normalized spacial score (nSPS) is 11.6. The lowest BCUT2D eigenvalue weighted by atomic mass is 9.97. The Labute approximate surface area is 166 Å². The van der Waals surface area contributed by atoms with E-state index < -0.39 is 11.9 Å². The Morgan fingerprint density at radius 2 is 1.50 bits per heavy atom. The van der Waals surface area contributed by atoms with Crippen LogP contribution < -0.4 is 5.73 Å². The number of carbonyl (C=O) groups is 2. The van der Waals surface area contributed by atoms with Crippen LogP contribution >= 0.6 is 0 Å². The standard InChI is InChI=1S/C13H18O2.C11H9NO/c1-9(2)8-11-4-6-12(7-5-11)10(3)13(14)15;12-11(13)10-7-3-5-8-4-1-2-6-9(8)10/h4-7,9-10H,8H2,1-3H3,(H,14,15);1-7H,(H2,12,13). The molecule has 3 rings (SSSR count). The largest absolute Gasteiger partial charge is 0.481 e. The molecule has 0 heterocycles. The van der Waals surface area contributed by atoms with E-state index in [0.29, 0.717) is 11.5 Å². The minimum atomic E-state index is -0.772. The molecule has 0 saturated heterocycles. The molecule has 1 atom stereocenters. The predicted molar refractivity (Wildman–Crippen MR) is 114 cm³/mol. The maximum absolute atomic E-state index is 11.0. The molecule has 0 spiro atoms. The van der Waals surface area contributed by atoms with Gasteiger partial charge in [-0.15, -0.1) is 0 Å². The first-order valence-electron chi connectivity index (χ1n) is 9.38. The molecule has 3 aromatic carbocycles. The average molecular weight is 377 g/mol. The van der Waals surface area contributed by atoms with E-state index in [2.05, 4.69) is 13.8 Å². The fourth-order valence-electron chi connectivity index (χ4n) is 3.00. The molecular weight excluding hydrogens is 350 g/mol. The Bertz CT molecular complexity index is 940. The molecule has 0 aliphatic carbocycles. The number of benzene rings is 3. The summed E-state index contributed by atoms with van der Waals surface area (Å²) in [6.07, 6.45) is 1.04. The number of hydrogen-bond donors (Lipinski definition) is 2. The van der Waals surface area contributed by atoms with E-state index in [1.54, 1.807) is 13.0 Å². The molecule has 4 heteroatoms. The van der Waals surface area contributed by atoms with E-state index in [0.717, 1.165) is 22.8 Å². The van der Waals surface area contributed by atoms with Crippen molar-refractivity contribution in [1.29, 1.82) is 0 Å². The van der Waals surface area contributed by atoms with Gasteiger partial charge in [-0.2, -0.15) is 0 Å². The summed E-state index contributed by atoms with van der Waals surface area (Å²) in [7, 11) is 0. The molecule has 0 fully saturated rings. The van der Waals surface area contributed by atoms with Gasteiger partial charge in [-0.3, -0.25) is 9.59 Å². The van der Waals surface area contributed by atoms with Crippen molar-refractivity contribution >= 4 is 22.6 Å². The molecule has 3 N–H and O–H groups in total. The van der Waals surface area contributed by atoms with Crippen molar-refractivity contribution in [3.8, 4) is 0 Å². The number of hydrogen-bond acceptors (Lipinski definition) is 2. The Balaban J connectivity index is 0.000000202. The van der Waals surface area contributed by atoms with Crippen LogP contribution in [0.25, 0.3) is 10.8 Å². The summed E-state index contributed by atoms with van der Waals surface area (Å²) in [4.78, 5) is 21.8. The number of primary amides is 1. The van der Waals surface area contributed by atoms with E-state index in [-0.39, 0.29) is 5.91 Å². The zero-order valence-electron chi connectivity index (χ0n) is 16.6. The van der Waals surface area contributed by atoms with Gasteiger partial charge in [0, 0.05) is 5.56 Å². The van der Waals surface area contributed by atoms with Gasteiger partial charge in [0.25, 0.3) is 0 Å². The number of rotatable bonds is 5. The summed E-state index contributed by atoms with van der Waals surface area (Å²) in [5.41, 5.74) is 7.96. The Morgan fingerprint density at radius 3 is 2.07 bits per heavy atom. The fraction of sp³-hybridized carbons (Fsp3) is 0.250. The van der Waals surface area contributed by atoms with E-state index in [1.807, 2.05) is 60.7 Å². The minimum Gasteiger partial charge on any atom is -0.481 e. The lowest BCUT2D eigenvalue weighted by Gasteiger charge is -2.09. The lowest BCUT2D eigenvalue weighted by Crippen LogP contribution is -2.11. The molecule has 0 radical (unpaired) electrons. The molecule has 146 valence electrons. The predicted octanol–water partition coefficient (Wildman–Crippen LogP) is 5.01. The molecule has 28 heavy (non-hydrogen) atoms. The highest BCUT2D eigenvalue weighted by atomic mass is 16.4. The maximum atomic E-state index is 11.0. The van der Waals surface area contributed by atoms with Crippen LogP contribution in [0.1, 0.15) is 48.2 Å². The van der Waals surface area contributed by atoms with Crippen molar-refractivity contribution in [2.45, 2.75) is 33.1 Å². The molecule has 1 amide bonds. The highest BCUT2D eigenvalue weighted by Crippen LogP contribution is 2.18. The maximum Gasteiger partial charge on any atom is 0.310 e. The number of fused-ring (bicyclic) bond motifs is 1. The number of amides is 1. The zero-order chi connectivity index (χ0) is 20.7. The zero-order valence-corrected chi connectivity index (χ0v) is 16.6. The van der Waals surface area contributed by atoms with Crippen molar-refractivity contribution < 1.29 is 14.7 Å².